The van der Waals surface area contributed by atoms with Crippen LogP contribution in [-0.2, 0) is 0 Å². The van der Waals surface area contributed by atoms with Gasteiger partial charge in [0, 0.05) is 49.5 Å². The zero-order chi connectivity index (χ0) is 19.2. The van der Waals surface area contributed by atoms with Crippen molar-refractivity contribution in [3.8, 4) is 0 Å². The molecule has 5 heteroatoms. The molecule has 0 bridgehead atoms. The van der Waals surface area contributed by atoms with Gasteiger partial charge in [-0.2, -0.15) is 0 Å². The molecule has 5 nitrogen and oxygen atoms in total. The highest BCUT2D eigenvalue weighted by Gasteiger charge is 2.22. The molecule has 2 aromatic rings. The van der Waals surface area contributed by atoms with E-state index in [4.69, 9.17) is 0 Å². The van der Waals surface area contributed by atoms with Crippen molar-refractivity contribution in [2.75, 3.05) is 37.6 Å². The second kappa shape index (κ2) is 8.71. The number of nitrogens with one attached hydrogen (secondary N) is 1. The molecule has 1 heterocycles. The molecule has 1 aliphatic rings. The van der Waals surface area contributed by atoms with E-state index < -0.39 is 0 Å². The Labute approximate surface area is 161 Å². The van der Waals surface area contributed by atoms with Crippen LogP contribution < -0.4 is 10.2 Å². The summed E-state index contributed by atoms with van der Waals surface area (Å²) in [7, 11) is 0. The van der Waals surface area contributed by atoms with E-state index in [0.29, 0.717) is 30.8 Å². The quantitative estimate of drug-likeness (QED) is 0.886. The monoisotopic (exact) mass is 365 g/mol. The summed E-state index contributed by atoms with van der Waals surface area (Å²) in [6.45, 7) is 7.82. The maximum absolute atomic E-state index is 12.8. The van der Waals surface area contributed by atoms with Gasteiger partial charge in [0.1, 0.15) is 0 Å². The summed E-state index contributed by atoms with van der Waals surface area (Å²) in [6, 6.07) is 15.4. The first-order valence-electron chi connectivity index (χ1n) is 9.57. The Balaban J connectivity index is 1.58. The molecule has 0 unspecified atom stereocenters. The van der Waals surface area contributed by atoms with Crippen LogP contribution in [0.1, 0.15) is 39.6 Å². The Kier molecular flexibility index (Phi) is 6.12. The molecule has 0 saturated carbocycles. The Morgan fingerprint density at radius 1 is 0.963 bits per heavy atom. The molecule has 2 aromatic carbocycles. The normalized spacial score (nSPS) is 14.1. The van der Waals surface area contributed by atoms with Crippen LogP contribution in [0, 0.1) is 6.92 Å². The maximum Gasteiger partial charge on any atom is 0.253 e. The van der Waals surface area contributed by atoms with E-state index in [9.17, 15) is 9.59 Å². The van der Waals surface area contributed by atoms with E-state index >= 15 is 0 Å². The first-order chi connectivity index (χ1) is 13.1. The molecule has 0 spiro atoms. The summed E-state index contributed by atoms with van der Waals surface area (Å²) in [4.78, 5) is 28.9. The van der Waals surface area contributed by atoms with Gasteiger partial charge in [-0.05, 0) is 55.3 Å². The SMILES string of the molecule is CCCNC(=O)c1ccc(C(=O)N2CCN(c3cccc(C)c3)CC2)cc1. The lowest BCUT2D eigenvalue weighted by Gasteiger charge is -2.36. The van der Waals surface area contributed by atoms with Crippen LogP contribution in [0.3, 0.4) is 0 Å². The van der Waals surface area contributed by atoms with Crippen molar-refractivity contribution < 1.29 is 9.59 Å². The average Bonchev–Trinajstić information content (AvgIpc) is 2.71. The molecule has 1 saturated heterocycles. The highest BCUT2D eigenvalue weighted by atomic mass is 16.2. The fourth-order valence-electron chi connectivity index (χ4n) is 3.28. The van der Waals surface area contributed by atoms with E-state index in [-0.39, 0.29) is 11.8 Å². The number of benzene rings is 2. The number of amides is 2. The summed E-state index contributed by atoms with van der Waals surface area (Å²) in [5.74, 6) is -0.0676. The van der Waals surface area contributed by atoms with Crippen molar-refractivity contribution >= 4 is 17.5 Å². The minimum atomic E-state index is -0.0948. The first-order valence-corrected chi connectivity index (χ1v) is 9.57. The molecule has 27 heavy (non-hydrogen) atoms. The van der Waals surface area contributed by atoms with E-state index in [1.165, 1.54) is 11.3 Å². The Morgan fingerprint density at radius 3 is 2.26 bits per heavy atom. The summed E-state index contributed by atoms with van der Waals surface area (Å²) in [5, 5.41) is 2.85. The van der Waals surface area contributed by atoms with E-state index in [0.717, 1.165) is 19.5 Å². The maximum atomic E-state index is 12.8. The Morgan fingerprint density at radius 2 is 1.63 bits per heavy atom. The van der Waals surface area contributed by atoms with Gasteiger partial charge in [0.2, 0.25) is 0 Å². The predicted molar refractivity (Wildman–Crippen MR) is 108 cm³/mol. The largest absolute Gasteiger partial charge is 0.368 e. The number of carbonyl (C=O) groups excluding carboxylic acids is 2. The summed E-state index contributed by atoms with van der Waals surface area (Å²) >= 11 is 0. The molecule has 2 amide bonds. The van der Waals surface area contributed by atoms with Crippen LogP contribution in [0.15, 0.2) is 48.5 Å². The highest BCUT2D eigenvalue weighted by Crippen LogP contribution is 2.19. The average molecular weight is 365 g/mol. The Bertz CT molecular complexity index is 793. The van der Waals surface area contributed by atoms with Crippen molar-refractivity contribution in [3.63, 3.8) is 0 Å². The lowest BCUT2D eigenvalue weighted by atomic mass is 10.1. The van der Waals surface area contributed by atoms with Gasteiger partial charge in [0.05, 0.1) is 0 Å². The zero-order valence-corrected chi connectivity index (χ0v) is 16.1. The molecular formula is C22H27N3O2. The Hall–Kier alpha value is -2.82. The van der Waals surface area contributed by atoms with Crippen LogP contribution in [0.2, 0.25) is 0 Å². The second-order valence-corrected chi connectivity index (χ2v) is 6.95. The number of anilines is 1. The van der Waals surface area contributed by atoms with Gasteiger partial charge < -0.3 is 15.1 Å². The van der Waals surface area contributed by atoms with Gasteiger partial charge in [-0.15, -0.1) is 0 Å². The molecule has 1 fully saturated rings. The van der Waals surface area contributed by atoms with E-state index in [2.05, 4.69) is 41.4 Å². The smallest absolute Gasteiger partial charge is 0.253 e. The van der Waals surface area contributed by atoms with Crippen LogP contribution in [0.4, 0.5) is 5.69 Å². The second-order valence-electron chi connectivity index (χ2n) is 6.95. The van der Waals surface area contributed by atoms with Gasteiger partial charge in [-0.25, -0.2) is 0 Å². The number of piperazine rings is 1. The minimum Gasteiger partial charge on any atom is -0.368 e. The molecule has 1 aliphatic heterocycles. The number of rotatable bonds is 5. The predicted octanol–water partition coefficient (Wildman–Crippen LogP) is 3.10. The molecule has 0 aromatic heterocycles. The van der Waals surface area contributed by atoms with Crippen LogP contribution >= 0.6 is 0 Å². The third-order valence-corrected chi connectivity index (χ3v) is 4.86. The third kappa shape index (κ3) is 4.67. The van der Waals surface area contributed by atoms with Crippen molar-refractivity contribution in [1.29, 1.82) is 0 Å². The number of hydrogen-bond acceptors (Lipinski definition) is 3. The lowest BCUT2D eigenvalue weighted by molar-refractivity contribution is 0.0746. The van der Waals surface area contributed by atoms with E-state index in [1.807, 2.05) is 11.8 Å². The standard InChI is InChI=1S/C22H27N3O2/c1-3-11-23-21(26)18-7-9-19(10-8-18)22(27)25-14-12-24(13-15-25)20-6-4-5-17(2)16-20/h4-10,16H,3,11-15H2,1-2H3,(H,23,26). The number of hydrogen-bond donors (Lipinski definition) is 1. The fourth-order valence-corrected chi connectivity index (χ4v) is 3.28. The van der Waals surface area contributed by atoms with E-state index in [1.54, 1.807) is 24.3 Å². The van der Waals surface area contributed by atoms with Crippen LogP contribution in [0.5, 0.6) is 0 Å². The molecule has 1 N–H and O–H groups in total. The summed E-state index contributed by atoms with van der Waals surface area (Å²) in [6.07, 6.45) is 0.900. The van der Waals surface area contributed by atoms with Crippen molar-refractivity contribution in [3.05, 3.63) is 65.2 Å². The minimum absolute atomic E-state index is 0.0272. The van der Waals surface area contributed by atoms with Gasteiger partial charge in [0.15, 0.2) is 0 Å². The van der Waals surface area contributed by atoms with Crippen molar-refractivity contribution in [2.45, 2.75) is 20.3 Å². The molecule has 142 valence electrons. The lowest BCUT2D eigenvalue weighted by Crippen LogP contribution is -2.48. The number of nitrogens with zero attached hydrogens (tertiary/aromatic N) is 2. The van der Waals surface area contributed by atoms with Gasteiger partial charge in [-0.1, -0.05) is 19.1 Å². The summed E-state index contributed by atoms with van der Waals surface area (Å²) in [5.41, 5.74) is 3.67. The zero-order valence-electron chi connectivity index (χ0n) is 16.1. The molecule has 3 rings (SSSR count). The van der Waals surface area contributed by atoms with Crippen LogP contribution in [0.25, 0.3) is 0 Å². The van der Waals surface area contributed by atoms with Crippen LogP contribution in [-0.4, -0.2) is 49.4 Å². The molecule has 0 aliphatic carbocycles. The third-order valence-electron chi connectivity index (χ3n) is 4.86. The van der Waals surface area contributed by atoms with Crippen molar-refractivity contribution in [1.82, 2.24) is 10.2 Å². The fraction of sp³-hybridized carbons (Fsp3) is 0.364. The molecular weight excluding hydrogens is 338 g/mol. The number of aryl methyl sites for hydroxylation is 1. The molecule has 0 radical (unpaired) electrons. The van der Waals surface area contributed by atoms with Gasteiger partial charge in [-0.3, -0.25) is 9.59 Å². The van der Waals surface area contributed by atoms with Gasteiger partial charge >= 0.3 is 0 Å². The highest BCUT2D eigenvalue weighted by molar-refractivity contribution is 5.97. The topological polar surface area (TPSA) is 52.7 Å². The van der Waals surface area contributed by atoms with Gasteiger partial charge in [0.25, 0.3) is 11.8 Å². The molecule has 0 atom stereocenters. The number of carbonyl (C=O) groups is 2. The van der Waals surface area contributed by atoms with Crippen molar-refractivity contribution in [2.24, 2.45) is 0 Å². The summed E-state index contributed by atoms with van der Waals surface area (Å²) < 4.78 is 0. The first kappa shape index (κ1) is 19.0.